The summed E-state index contributed by atoms with van der Waals surface area (Å²) in [5.41, 5.74) is 1.90. The Balaban J connectivity index is 2.96. The topological polar surface area (TPSA) is 79.4 Å². The lowest BCUT2D eigenvalue weighted by atomic mass is 10.3. The van der Waals surface area contributed by atoms with Crippen molar-refractivity contribution in [3.05, 3.63) is 29.4 Å². The summed E-state index contributed by atoms with van der Waals surface area (Å²) in [4.78, 5) is 21.9. The van der Waals surface area contributed by atoms with E-state index in [1.54, 1.807) is 14.1 Å². The number of anilines is 1. The van der Waals surface area contributed by atoms with Gasteiger partial charge in [0, 0.05) is 31.7 Å². The van der Waals surface area contributed by atoms with E-state index in [1.165, 1.54) is 18.2 Å². The van der Waals surface area contributed by atoms with Crippen LogP contribution in [0.2, 0.25) is 0 Å². The van der Waals surface area contributed by atoms with Crippen LogP contribution in [0.5, 0.6) is 0 Å². The number of aryl methyl sites for hydroxylation is 2. The van der Waals surface area contributed by atoms with Crippen molar-refractivity contribution in [1.82, 2.24) is 20.2 Å². The van der Waals surface area contributed by atoms with Crippen molar-refractivity contribution in [2.75, 3.05) is 26.5 Å². The van der Waals surface area contributed by atoms with Crippen molar-refractivity contribution in [2.45, 2.75) is 13.8 Å². The summed E-state index contributed by atoms with van der Waals surface area (Å²) in [5.74, 6) is 0.146. The summed E-state index contributed by atoms with van der Waals surface area (Å²) in [6.45, 7) is 3.74. The molecule has 0 aromatic carbocycles. The van der Waals surface area contributed by atoms with E-state index in [0.29, 0.717) is 5.95 Å². The van der Waals surface area contributed by atoms with E-state index in [0.717, 1.165) is 11.4 Å². The van der Waals surface area contributed by atoms with Crippen LogP contribution in [0.15, 0.2) is 18.0 Å². The maximum absolute atomic E-state index is 12.0. The summed E-state index contributed by atoms with van der Waals surface area (Å²) in [6, 6.07) is 1.86. The summed E-state index contributed by atoms with van der Waals surface area (Å²) < 4.78 is 4.85. The molecule has 0 aliphatic carbocycles. The lowest BCUT2D eigenvalue weighted by Crippen LogP contribution is -2.34. The van der Waals surface area contributed by atoms with Crippen LogP contribution in [-0.4, -0.2) is 47.2 Å². The van der Waals surface area contributed by atoms with Gasteiger partial charge in [-0.1, -0.05) is 0 Å². The second kappa shape index (κ2) is 7.53. The number of rotatable bonds is 4. The second-order valence-corrected chi connectivity index (χ2v) is 4.86. The lowest BCUT2D eigenvalue weighted by molar-refractivity contribution is -0.125. The molecule has 2 N–H and O–H groups in total. The third kappa shape index (κ3) is 5.35. The van der Waals surface area contributed by atoms with Crippen molar-refractivity contribution >= 4 is 29.2 Å². The SMILES string of the molecule is COC(=S)N/C(=C/Nc1nc(C)cc(C)n1)C(=O)N(C)C. The number of hydrogen-bond donors (Lipinski definition) is 2. The van der Waals surface area contributed by atoms with E-state index in [4.69, 9.17) is 17.0 Å². The fourth-order valence-corrected chi connectivity index (χ4v) is 1.59. The number of amides is 1. The molecule has 21 heavy (non-hydrogen) atoms. The van der Waals surface area contributed by atoms with E-state index < -0.39 is 0 Å². The van der Waals surface area contributed by atoms with Gasteiger partial charge in [0.2, 0.25) is 5.95 Å². The number of nitrogens with zero attached hydrogens (tertiary/aromatic N) is 3. The van der Waals surface area contributed by atoms with Crippen molar-refractivity contribution in [2.24, 2.45) is 0 Å². The molecular weight excluding hydrogens is 290 g/mol. The molecule has 0 spiro atoms. The molecule has 1 aromatic rings. The van der Waals surface area contributed by atoms with Gasteiger partial charge in [0.25, 0.3) is 11.1 Å². The van der Waals surface area contributed by atoms with Gasteiger partial charge in [-0.15, -0.1) is 0 Å². The van der Waals surface area contributed by atoms with Crippen LogP contribution in [0.3, 0.4) is 0 Å². The number of ether oxygens (including phenoxy) is 1. The van der Waals surface area contributed by atoms with E-state index in [9.17, 15) is 4.79 Å². The average Bonchev–Trinajstić information content (AvgIpc) is 2.41. The smallest absolute Gasteiger partial charge is 0.271 e. The number of hydrogen-bond acceptors (Lipinski definition) is 6. The maximum atomic E-state index is 12.0. The third-order valence-corrected chi connectivity index (χ3v) is 2.66. The minimum Gasteiger partial charge on any atom is -0.474 e. The van der Waals surface area contributed by atoms with Gasteiger partial charge in [0.05, 0.1) is 7.11 Å². The number of thiocarbonyl (C=S) groups is 1. The first-order valence-corrected chi connectivity index (χ1v) is 6.60. The highest BCUT2D eigenvalue weighted by atomic mass is 32.1. The van der Waals surface area contributed by atoms with Crippen LogP contribution < -0.4 is 10.6 Å². The van der Waals surface area contributed by atoms with E-state index in [-0.39, 0.29) is 16.8 Å². The molecule has 0 aliphatic rings. The molecule has 0 radical (unpaired) electrons. The lowest BCUT2D eigenvalue weighted by Gasteiger charge is -2.15. The Labute approximate surface area is 129 Å². The minimum absolute atomic E-state index is 0.0968. The zero-order valence-electron chi connectivity index (χ0n) is 12.7. The largest absolute Gasteiger partial charge is 0.474 e. The van der Waals surface area contributed by atoms with E-state index >= 15 is 0 Å². The highest BCUT2D eigenvalue weighted by molar-refractivity contribution is 7.80. The summed E-state index contributed by atoms with van der Waals surface area (Å²) >= 11 is 4.91. The van der Waals surface area contributed by atoms with Crippen LogP contribution in [0, 0.1) is 13.8 Å². The Morgan fingerprint density at radius 3 is 2.38 bits per heavy atom. The highest BCUT2D eigenvalue weighted by Gasteiger charge is 2.13. The van der Waals surface area contributed by atoms with Gasteiger partial charge < -0.3 is 20.3 Å². The second-order valence-electron chi connectivity index (χ2n) is 4.49. The molecule has 1 heterocycles. The molecule has 0 unspecified atom stereocenters. The van der Waals surface area contributed by atoms with Gasteiger partial charge in [0.15, 0.2) is 0 Å². The summed E-state index contributed by atoms with van der Waals surface area (Å²) in [6.07, 6.45) is 1.46. The third-order valence-electron chi connectivity index (χ3n) is 2.39. The van der Waals surface area contributed by atoms with Crippen molar-refractivity contribution in [3.8, 4) is 0 Å². The van der Waals surface area contributed by atoms with Crippen LogP contribution in [0.25, 0.3) is 0 Å². The normalized spacial score (nSPS) is 10.8. The molecule has 7 nitrogen and oxygen atoms in total. The van der Waals surface area contributed by atoms with Crippen LogP contribution >= 0.6 is 12.2 Å². The van der Waals surface area contributed by atoms with Crippen LogP contribution in [-0.2, 0) is 9.53 Å². The number of nitrogens with one attached hydrogen (secondary N) is 2. The first-order chi connectivity index (χ1) is 9.83. The molecule has 1 aromatic heterocycles. The van der Waals surface area contributed by atoms with Gasteiger partial charge >= 0.3 is 0 Å². The Kier molecular flexibility index (Phi) is 6.04. The van der Waals surface area contributed by atoms with Gasteiger partial charge in [-0.25, -0.2) is 9.97 Å². The zero-order valence-corrected chi connectivity index (χ0v) is 13.5. The molecule has 1 rings (SSSR count). The number of methoxy groups -OCH3 is 1. The average molecular weight is 309 g/mol. The van der Waals surface area contributed by atoms with Gasteiger partial charge in [-0.2, -0.15) is 0 Å². The summed E-state index contributed by atoms with van der Waals surface area (Å²) in [5, 5.41) is 5.69. The molecule has 1 amide bonds. The fourth-order valence-electron chi connectivity index (χ4n) is 1.48. The first kappa shape index (κ1) is 16.8. The van der Waals surface area contributed by atoms with Crippen molar-refractivity contribution in [3.63, 3.8) is 0 Å². The molecule has 0 fully saturated rings. The zero-order chi connectivity index (χ0) is 16.0. The molecule has 0 atom stereocenters. The predicted octanol–water partition coefficient (Wildman–Crippen LogP) is 0.956. The van der Waals surface area contributed by atoms with Crippen molar-refractivity contribution < 1.29 is 9.53 Å². The van der Waals surface area contributed by atoms with Gasteiger partial charge in [0.1, 0.15) is 5.70 Å². The molecule has 8 heteroatoms. The highest BCUT2D eigenvalue weighted by Crippen LogP contribution is 2.05. The van der Waals surface area contributed by atoms with E-state index in [2.05, 4.69) is 20.6 Å². The first-order valence-electron chi connectivity index (χ1n) is 6.19. The monoisotopic (exact) mass is 309 g/mol. The van der Waals surface area contributed by atoms with E-state index in [1.807, 2.05) is 19.9 Å². The number of likely N-dealkylation sites (N-methyl/N-ethyl adjacent to an activating group) is 1. The molecule has 0 saturated carbocycles. The Hall–Kier alpha value is -2.22. The minimum atomic E-state index is -0.258. The molecule has 0 saturated heterocycles. The fraction of sp³-hybridized carbons (Fsp3) is 0.385. The summed E-state index contributed by atoms with van der Waals surface area (Å²) in [7, 11) is 4.70. The molecule has 0 aliphatic heterocycles. The molecule has 0 bridgehead atoms. The van der Waals surface area contributed by atoms with Crippen LogP contribution in [0.4, 0.5) is 5.95 Å². The van der Waals surface area contributed by atoms with Gasteiger partial charge in [-0.05, 0) is 32.1 Å². The standard InChI is InChI=1S/C13H19N5O2S/c1-8-6-9(2)16-12(15-8)14-7-10(11(19)18(3)4)17-13(21)20-5/h6-7H,1-5H3,(H,17,21)(H,14,15,16)/b10-7+. The number of carbonyl (C=O) groups is 1. The number of aromatic nitrogens is 2. The quantitative estimate of drug-likeness (QED) is 0.633. The van der Waals surface area contributed by atoms with Gasteiger partial charge in [-0.3, -0.25) is 4.79 Å². The number of carbonyl (C=O) groups excluding carboxylic acids is 1. The molecular formula is C13H19N5O2S. The maximum Gasteiger partial charge on any atom is 0.271 e. The Morgan fingerprint density at radius 2 is 1.90 bits per heavy atom. The molecule has 114 valence electrons. The predicted molar refractivity (Wildman–Crippen MR) is 84.6 cm³/mol. The van der Waals surface area contributed by atoms with Crippen LogP contribution in [0.1, 0.15) is 11.4 Å². The van der Waals surface area contributed by atoms with Crippen molar-refractivity contribution in [1.29, 1.82) is 0 Å². The Morgan fingerprint density at radius 1 is 1.33 bits per heavy atom. The Bertz CT molecular complexity index is 551.